The number of rotatable bonds is 8. The van der Waals surface area contributed by atoms with Crippen LogP contribution in [0, 0.1) is 0 Å². The summed E-state index contributed by atoms with van der Waals surface area (Å²) in [7, 11) is 1.64. The summed E-state index contributed by atoms with van der Waals surface area (Å²) < 4.78 is 5.11. The van der Waals surface area contributed by atoms with Crippen LogP contribution in [0.4, 0.5) is 11.6 Å². The fraction of sp³-hybridized carbons (Fsp3) is 0.500. The summed E-state index contributed by atoms with van der Waals surface area (Å²) in [6.45, 7) is 6.04. The molecule has 0 amide bonds. The second-order valence-corrected chi connectivity index (χ2v) is 5.65. The van der Waals surface area contributed by atoms with Crippen LogP contribution in [0.1, 0.15) is 29.6 Å². The van der Waals surface area contributed by atoms with Crippen molar-refractivity contribution in [2.45, 2.75) is 33.4 Å². The van der Waals surface area contributed by atoms with E-state index in [4.69, 9.17) is 4.74 Å². The molecular formula is C14H21N5OS. The lowest BCUT2D eigenvalue weighted by atomic mass is 10.4. The molecule has 0 radical (unpaired) electrons. The third-order valence-electron chi connectivity index (χ3n) is 2.77. The highest BCUT2D eigenvalue weighted by Gasteiger charge is 2.06. The van der Waals surface area contributed by atoms with Crippen molar-refractivity contribution in [2.75, 3.05) is 24.3 Å². The van der Waals surface area contributed by atoms with Crippen LogP contribution in [-0.4, -0.2) is 28.6 Å². The van der Waals surface area contributed by atoms with Crippen LogP contribution in [0.15, 0.2) is 12.3 Å². The molecule has 0 unspecified atom stereocenters. The third-order valence-corrected chi connectivity index (χ3v) is 3.92. The summed E-state index contributed by atoms with van der Waals surface area (Å²) in [4.78, 5) is 14.5. The van der Waals surface area contributed by atoms with E-state index in [9.17, 15) is 0 Å². The van der Waals surface area contributed by atoms with E-state index in [1.807, 2.05) is 19.2 Å². The predicted molar refractivity (Wildman–Crippen MR) is 85.7 cm³/mol. The van der Waals surface area contributed by atoms with Gasteiger partial charge < -0.3 is 15.4 Å². The summed E-state index contributed by atoms with van der Waals surface area (Å²) in [5.41, 5.74) is 0. The number of hydrogen-bond donors (Lipinski definition) is 2. The zero-order valence-corrected chi connectivity index (χ0v) is 13.5. The van der Waals surface area contributed by atoms with E-state index in [-0.39, 0.29) is 0 Å². The van der Waals surface area contributed by atoms with Gasteiger partial charge in [-0.15, -0.1) is 11.3 Å². The Hall–Kier alpha value is -1.73. The fourth-order valence-electron chi connectivity index (χ4n) is 1.81. The van der Waals surface area contributed by atoms with Gasteiger partial charge in [-0.2, -0.15) is 0 Å². The van der Waals surface area contributed by atoms with Crippen LogP contribution in [0.25, 0.3) is 0 Å². The molecule has 0 aliphatic heterocycles. The summed E-state index contributed by atoms with van der Waals surface area (Å²) in [5.74, 6) is 2.24. The van der Waals surface area contributed by atoms with Gasteiger partial charge >= 0.3 is 0 Å². The molecule has 7 heteroatoms. The van der Waals surface area contributed by atoms with Crippen molar-refractivity contribution in [3.8, 4) is 0 Å². The Bertz CT molecular complexity index is 548. The first-order valence-corrected chi connectivity index (χ1v) is 7.85. The molecule has 6 nitrogen and oxygen atoms in total. The van der Waals surface area contributed by atoms with Gasteiger partial charge in [0.15, 0.2) is 5.82 Å². The average molecular weight is 307 g/mol. The first-order chi connectivity index (χ1) is 10.2. The Morgan fingerprint density at radius 1 is 1.19 bits per heavy atom. The summed E-state index contributed by atoms with van der Waals surface area (Å²) in [6, 6.07) is 1.90. The number of aryl methyl sites for hydroxylation is 1. The number of thiazole rings is 1. The second kappa shape index (κ2) is 7.90. The molecule has 114 valence electrons. The highest BCUT2D eigenvalue weighted by atomic mass is 32.1. The minimum atomic E-state index is 0.394. The molecule has 0 aromatic carbocycles. The van der Waals surface area contributed by atoms with Gasteiger partial charge in [-0.3, -0.25) is 0 Å². The number of nitrogens with one attached hydrogen (secondary N) is 2. The zero-order chi connectivity index (χ0) is 15.1. The normalized spacial score (nSPS) is 10.6. The van der Waals surface area contributed by atoms with Gasteiger partial charge in [0.2, 0.25) is 0 Å². The van der Waals surface area contributed by atoms with E-state index in [1.165, 1.54) is 4.88 Å². The topological polar surface area (TPSA) is 72.0 Å². The predicted octanol–water partition coefficient (Wildman–Crippen LogP) is 2.69. The second-order valence-electron chi connectivity index (χ2n) is 4.45. The number of methoxy groups -OCH3 is 1. The van der Waals surface area contributed by atoms with E-state index < -0.39 is 0 Å². The van der Waals surface area contributed by atoms with Crippen molar-refractivity contribution in [3.05, 3.63) is 28.0 Å². The van der Waals surface area contributed by atoms with Gasteiger partial charge in [0.05, 0.1) is 6.54 Å². The van der Waals surface area contributed by atoms with E-state index in [1.54, 1.807) is 18.4 Å². The lowest BCUT2D eigenvalue weighted by Crippen LogP contribution is -2.08. The summed E-state index contributed by atoms with van der Waals surface area (Å²) in [6.07, 6.45) is 2.95. The maximum atomic E-state index is 5.11. The molecule has 2 heterocycles. The quantitative estimate of drug-likeness (QED) is 0.781. The van der Waals surface area contributed by atoms with Crippen LogP contribution in [-0.2, 0) is 24.3 Å². The smallest absolute Gasteiger partial charge is 0.158 e. The molecule has 0 bridgehead atoms. The molecule has 0 aliphatic carbocycles. The molecule has 2 N–H and O–H groups in total. The van der Waals surface area contributed by atoms with Crippen molar-refractivity contribution in [1.29, 1.82) is 0 Å². The molecule has 0 saturated carbocycles. The van der Waals surface area contributed by atoms with Crippen molar-refractivity contribution in [3.63, 3.8) is 0 Å². The Kier molecular flexibility index (Phi) is 5.89. The Balaban J connectivity index is 2.06. The van der Waals surface area contributed by atoms with Crippen molar-refractivity contribution < 1.29 is 4.74 Å². The molecule has 2 aromatic rings. The maximum absolute atomic E-state index is 5.11. The lowest BCUT2D eigenvalue weighted by Gasteiger charge is -2.09. The van der Waals surface area contributed by atoms with Crippen molar-refractivity contribution in [1.82, 2.24) is 15.0 Å². The van der Waals surface area contributed by atoms with Gasteiger partial charge in [0, 0.05) is 30.8 Å². The van der Waals surface area contributed by atoms with Crippen LogP contribution < -0.4 is 10.6 Å². The molecular weight excluding hydrogens is 286 g/mol. The Labute approximate surface area is 129 Å². The largest absolute Gasteiger partial charge is 0.377 e. The fourth-order valence-corrected chi connectivity index (χ4v) is 2.61. The molecule has 2 aromatic heterocycles. The minimum absolute atomic E-state index is 0.394. The highest BCUT2D eigenvalue weighted by molar-refractivity contribution is 7.11. The number of ether oxygens (including phenoxy) is 1. The SMILES string of the molecule is CCNc1cc(NCc2ncc(CC)s2)nc(COC)n1. The number of aromatic nitrogens is 3. The van der Waals surface area contributed by atoms with Gasteiger partial charge in [0.25, 0.3) is 0 Å². The van der Waals surface area contributed by atoms with Crippen molar-refractivity contribution >= 4 is 23.0 Å². The first-order valence-electron chi connectivity index (χ1n) is 7.03. The van der Waals surface area contributed by atoms with Crippen LogP contribution >= 0.6 is 11.3 Å². The highest BCUT2D eigenvalue weighted by Crippen LogP contribution is 2.16. The van der Waals surface area contributed by atoms with E-state index >= 15 is 0 Å². The van der Waals surface area contributed by atoms with Crippen LogP contribution in [0.3, 0.4) is 0 Å². The summed E-state index contributed by atoms with van der Waals surface area (Å²) >= 11 is 1.72. The van der Waals surface area contributed by atoms with Crippen LogP contribution in [0.5, 0.6) is 0 Å². The van der Waals surface area contributed by atoms with Gasteiger partial charge in [-0.25, -0.2) is 15.0 Å². The molecule has 0 spiro atoms. The van der Waals surface area contributed by atoms with E-state index in [0.29, 0.717) is 19.0 Å². The van der Waals surface area contributed by atoms with Gasteiger partial charge in [-0.05, 0) is 13.3 Å². The zero-order valence-electron chi connectivity index (χ0n) is 12.6. The summed E-state index contributed by atoms with van der Waals surface area (Å²) in [5, 5.41) is 7.55. The maximum Gasteiger partial charge on any atom is 0.158 e. The third kappa shape index (κ3) is 4.64. The average Bonchev–Trinajstić information content (AvgIpc) is 2.94. The Morgan fingerprint density at radius 2 is 1.95 bits per heavy atom. The number of hydrogen-bond acceptors (Lipinski definition) is 7. The number of nitrogens with zero attached hydrogens (tertiary/aromatic N) is 3. The molecule has 2 rings (SSSR count). The van der Waals surface area contributed by atoms with Gasteiger partial charge in [-0.1, -0.05) is 6.92 Å². The van der Waals surface area contributed by atoms with Crippen molar-refractivity contribution in [2.24, 2.45) is 0 Å². The van der Waals surface area contributed by atoms with Crippen LogP contribution in [0.2, 0.25) is 0 Å². The standard InChI is InChI=1S/C14H21N5OS/c1-4-10-7-17-14(21-10)8-16-12-6-11(15-5-2)18-13(19-12)9-20-3/h6-7H,4-5,8-9H2,1-3H3,(H2,15,16,18,19). The van der Waals surface area contributed by atoms with E-state index in [0.717, 1.165) is 29.6 Å². The molecule has 0 fully saturated rings. The van der Waals surface area contributed by atoms with Gasteiger partial charge in [0.1, 0.15) is 23.3 Å². The lowest BCUT2D eigenvalue weighted by molar-refractivity contribution is 0.178. The number of anilines is 2. The Morgan fingerprint density at radius 3 is 2.57 bits per heavy atom. The monoisotopic (exact) mass is 307 g/mol. The molecule has 0 saturated heterocycles. The molecule has 0 atom stereocenters. The first kappa shape index (κ1) is 15.7. The molecule has 0 aliphatic rings. The molecule has 21 heavy (non-hydrogen) atoms. The van der Waals surface area contributed by atoms with E-state index in [2.05, 4.69) is 32.5 Å². The minimum Gasteiger partial charge on any atom is -0.377 e.